The normalized spacial score (nSPS) is 12.9. The molecule has 0 spiro atoms. The van der Waals surface area contributed by atoms with Crippen molar-refractivity contribution < 1.29 is 4.42 Å². The lowest BCUT2D eigenvalue weighted by Gasteiger charge is -2.04. The molecular weight excluding hydrogens is 220 g/mol. The molecule has 2 heterocycles. The highest BCUT2D eigenvalue weighted by atomic mass is 32.1. The van der Waals surface area contributed by atoms with Crippen LogP contribution in [0.3, 0.4) is 0 Å². The van der Waals surface area contributed by atoms with Gasteiger partial charge in [-0.25, -0.2) is 4.98 Å². The summed E-state index contributed by atoms with van der Waals surface area (Å²) in [4.78, 5) is 4.51. The summed E-state index contributed by atoms with van der Waals surface area (Å²) in [5.41, 5.74) is 6.91. The van der Waals surface area contributed by atoms with E-state index in [0.29, 0.717) is 0 Å². The summed E-state index contributed by atoms with van der Waals surface area (Å²) in [5, 5.41) is 2.99. The fourth-order valence-electron chi connectivity index (χ4n) is 1.58. The maximum Gasteiger partial charge on any atom is 0.153 e. The van der Waals surface area contributed by atoms with Crippen LogP contribution in [0.1, 0.15) is 36.6 Å². The van der Waals surface area contributed by atoms with Gasteiger partial charge in [-0.1, -0.05) is 13.3 Å². The van der Waals surface area contributed by atoms with Crippen molar-refractivity contribution in [2.75, 3.05) is 0 Å². The SMILES string of the molecule is CCCC(N)c1nc(-c2ccc(C)o2)cs1. The van der Waals surface area contributed by atoms with Crippen LogP contribution in [0.2, 0.25) is 0 Å². The zero-order valence-corrected chi connectivity index (χ0v) is 10.4. The van der Waals surface area contributed by atoms with Gasteiger partial charge in [-0.15, -0.1) is 11.3 Å². The van der Waals surface area contributed by atoms with Gasteiger partial charge in [0.25, 0.3) is 0 Å². The van der Waals surface area contributed by atoms with Gasteiger partial charge < -0.3 is 10.2 Å². The Hall–Kier alpha value is -1.13. The van der Waals surface area contributed by atoms with Gasteiger partial charge in [-0.2, -0.15) is 0 Å². The average Bonchev–Trinajstić information content (AvgIpc) is 2.85. The topological polar surface area (TPSA) is 52.0 Å². The third-order valence-electron chi connectivity index (χ3n) is 2.43. The van der Waals surface area contributed by atoms with Gasteiger partial charge in [0.05, 0.1) is 6.04 Å². The number of nitrogens with zero attached hydrogens (tertiary/aromatic N) is 1. The highest BCUT2D eigenvalue weighted by Gasteiger charge is 2.12. The van der Waals surface area contributed by atoms with Crippen LogP contribution in [0, 0.1) is 6.92 Å². The predicted octanol–water partition coefficient (Wildman–Crippen LogP) is 3.51. The first kappa shape index (κ1) is 11.4. The summed E-state index contributed by atoms with van der Waals surface area (Å²) in [7, 11) is 0. The first-order valence-electron chi connectivity index (χ1n) is 5.48. The number of aromatic nitrogens is 1. The Morgan fingerprint density at radius 2 is 2.31 bits per heavy atom. The number of aryl methyl sites for hydroxylation is 1. The Kier molecular flexibility index (Phi) is 3.41. The number of furan rings is 1. The molecule has 0 saturated heterocycles. The van der Waals surface area contributed by atoms with Gasteiger partial charge in [0, 0.05) is 5.38 Å². The molecule has 0 aliphatic heterocycles. The highest BCUT2D eigenvalue weighted by Crippen LogP contribution is 2.27. The standard InChI is InChI=1S/C12H16N2OS/c1-3-4-9(13)12-14-10(7-16-12)11-6-5-8(2)15-11/h5-7,9H,3-4,13H2,1-2H3. The van der Waals surface area contributed by atoms with Crippen LogP contribution in [0.15, 0.2) is 21.9 Å². The first-order valence-corrected chi connectivity index (χ1v) is 6.36. The summed E-state index contributed by atoms with van der Waals surface area (Å²) in [5.74, 6) is 1.73. The second-order valence-electron chi connectivity index (χ2n) is 3.88. The number of rotatable bonds is 4. The number of hydrogen-bond acceptors (Lipinski definition) is 4. The lowest BCUT2D eigenvalue weighted by Crippen LogP contribution is -2.09. The van der Waals surface area contributed by atoms with E-state index in [1.807, 2.05) is 24.4 Å². The Morgan fingerprint density at radius 3 is 2.94 bits per heavy atom. The Morgan fingerprint density at radius 1 is 1.50 bits per heavy atom. The van der Waals surface area contributed by atoms with Crippen LogP contribution in [-0.2, 0) is 0 Å². The smallest absolute Gasteiger partial charge is 0.153 e. The monoisotopic (exact) mass is 236 g/mol. The van der Waals surface area contributed by atoms with Gasteiger partial charge >= 0.3 is 0 Å². The summed E-state index contributed by atoms with van der Waals surface area (Å²) in [6, 6.07) is 3.94. The predicted molar refractivity (Wildman–Crippen MR) is 66.4 cm³/mol. The average molecular weight is 236 g/mol. The van der Waals surface area contributed by atoms with Crippen LogP contribution in [0.4, 0.5) is 0 Å². The van der Waals surface area contributed by atoms with Crippen molar-refractivity contribution in [3.05, 3.63) is 28.3 Å². The van der Waals surface area contributed by atoms with E-state index in [1.165, 1.54) is 0 Å². The van der Waals surface area contributed by atoms with Crippen LogP contribution >= 0.6 is 11.3 Å². The van der Waals surface area contributed by atoms with E-state index in [2.05, 4.69) is 11.9 Å². The minimum Gasteiger partial charge on any atom is -0.460 e. The summed E-state index contributed by atoms with van der Waals surface area (Å²) < 4.78 is 5.53. The van der Waals surface area contributed by atoms with E-state index in [4.69, 9.17) is 10.2 Å². The zero-order valence-electron chi connectivity index (χ0n) is 9.56. The molecule has 2 rings (SSSR count). The minimum absolute atomic E-state index is 0.0554. The van der Waals surface area contributed by atoms with Crippen molar-refractivity contribution in [2.24, 2.45) is 5.73 Å². The first-order chi connectivity index (χ1) is 7.70. The van der Waals surface area contributed by atoms with Crippen molar-refractivity contribution >= 4 is 11.3 Å². The van der Waals surface area contributed by atoms with E-state index in [-0.39, 0.29) is 6.04 Å². The van der Waals surface area contributed by atoms with E-state index >= 15 is 0 Å². The van der Waals surface area contributed by atoms with Gasteiger partial charge in [0.1, 0.15) is 16.5 Å². The fraction of sp³-hybridized carbons (Fsp3) is 0.417. The van der Waals surface area contributed by atoms with E-state index in [0.717, 1.165) is 35.1 Å². The fourth-order valence-corrected chi connectivity index (χ4v) is 2.42. The van der Waals surface area contributed by atoms with Crippen LogP contribution < -0.4 is 5.73 Å². The van der Waals surface area contributed by atoms with Gasteiger partial charge in [0.15, 0.2) is 5.76 Å². The second-order valence-corrected chi connectivity index (χ2v) is 4.77. The molecule has 4 heteroatoms. The van der Waals surface area contributed by atoms with Crippen molar-refractivity contribution in [1.29, 1.82) is 0 Å². The maximum absolute atomic E-state index is 6.02. The summed E-state index contributed by atoms with van der Waals surface area (Å²) >= 11 is 1.61. The molecule has 3 nitrogen and oxygen atoms in total. The third kappa shape index (κ3) is 2.33. The number of hydrogen-bond donors (Lipinski definition) is 1. The maximum atomic E-state index is 6.02. The Bertz CT molecular complexity index is 461. The van der Waals surface area contributed by atoms with Crippen LogP contribution in [-0.4, -0.2) is 4.98 Å². The quantitative estimate of drug-likeness (QED) is 0.883. The van der Waals surface area contributed by atoms with Crippen LogP contribution in [0.5, 0.6) is 0 Å². The third-order valence-corrected chi connectivity index (χ3v) is 3.41. The highest BCUT2D eigenvalue weighted by molar-refractivity contribution is 7.10. The van der Waals surface area contributed by atoms with Gasteiger partial charge in [-0.3, -0.25) is 0 Å². The molecule has 2 N–H and O–H groups in total. The molecule has 86 valence electrons. The Labute approximate surface area is 99.3 Å². The molecule has 0 aliphatic rings. The molecule has 2 aromatic heterocycles. The Balaban J connectivity index is 2.19. The molecule has 2 aromatic rings. The molecule has 0 saturated carbocycles. The van der Waals surface area contributed by atoms with Crippen molar-refractivity contribution in [1.82, 2.24) is 4.98 Å². The molecule has 16 heavy (non-hydrogen) atoms. The molecule has 0 amide bonds. The van der Waals surface area contributed by atoms with Crippen molar-refractivity contribution in [2.45, 2.75) is 32.7 Å². The lowest BCUT2D eigenvalue weighted by molar-refractivity contribution is 0.546. The molecule has 0 fully saturated rings. The van der Waals surface area contributed by atoms with Gasteiger partial charge in [-0.05, 0) is 25.5 Å². The largest absolute Gasteiger partial charge is 0.460 e. The molecule has 1 unspecified atom stereocenters. The molecule has 0 radical (unpaired) electrons. The zero-order chi connectivity index (χ0) is 11.5. The minimum atomic E-state index is 0.0554. The molecular formula is C12H16N2OS. The van der Waals surface area contributed by atoms with Crippen molar-refractivity contribution in [3.63, 3.8) is 0 Å². The van der Waals surface area contributed by atoms with Gasteiger partial charge in [0.2, 0.25) is 0 Å². The molecule has 1 atom stereocenters. The number of thiazole rings is 1. The van der Waals surface area contributed by atoms with E-state index in [9.17, 15) is 0 Å². The second kappa shape index (κ2) is 4.80. The molecule has 0 bridgehead atoms. The van der Waals surface area contributed by atoms with E-state index < -0.39 is 0 Å². The summed E-state index contributed by atoms with van der Waals surface area (Å²) in [6.45, 7) is 4.06. The lowest BCUT2D eigenvalue weighted by atomic mass is 10.2. The number of nitrogens with two attached hydrogens (primary N) is 1. The van der Waals surface area contributed by atoms with Crippen LogP contribution in [0.25, 0.3) is 11.5 Å². The van der Waals surface area contributed by atoms with E-state index in [1.54, 1.807) is 11.3 Å². The summed E-state index contributed by atoms with van der Waals surface area (Å²) in [6.07, 6.45) is 2.06. The molecule has 0 aliphatic carbocycles. The molecule has 0 aromatic carbocycles. The van der Waals surface area contributed by atoms with Crippen molar-refractivity contribution in [3.8, 4) is 11.5 Å².